The van der Waals surface area contributed by atoms with E-state index in [-0.39, 0.29) is 5.56 Å². The molecular formula is C16H23BF2O3. The Balaban J connectivity index is 2.25. The maximum Gasteiger partial charge on any atom is 0.494 e. The molecule has 1 aromatic rings. The summed E-state index contributed by atoms with van der Waals surface area (Å²) in [5, 5.41) is 9.62. The van der Waals surface area contributed by atoms with E-state index in [1.54, 1.807) is 12.1 Å². The molecule has 122 valence electrons. The SMILES string of the molecule is CC(C)(O)C(F)(F)c1ccc(B2OC(C)(C)C(C)(C)O2)cc1. The Labute approximate surface area is 130 Å². The van der Waals surface area contributed by atoms with Crippen LogP contribution in [0, 0.1) is 0 Å². The maximum absolute atomic E-state index is 14.1. The quantitative estimate of drug-likeness (QED) is 0.872. The van der Waals surface area contributed by atoms with Crippen LogP contribution in [0.2, 0.25) is 0 Å². The Morgan fingerprint density at radius 1 is 0.955 bits per heavy atom. The van der Waals surface area contributed by atoms with Crippen LogP contribution < -0.4 is 5.46 Å². The van der Waals surface area contributed by atoms with E-state index in [4.69, 9.17) is 9.31 Å². The molecule has 2 rings (SSSR count). The molecule has 1 aromatic carbocycles. The van der Waals surface area contributed by atoms with Crippen LogP contribution in [-0.2, 0) is 15.2 Å². The van der Waals surface area contributed by atoms with Crippen molar-refractivity contribution in [1.29, 1.82) is 0 Å². The minimum Gasteiger partial charge on any atom is -0.399 e. The summed E-state index contributed by atoms with van der Waals surface area (Å²) in [5.74, 6) is -3.33. The fourth-order valence-electron chi connectivity index (χ4n) is 2.18. The van der Waals surface area contributed by atoms with Gasteiger partial charge in [-0.1, -0.05) is 24.3 Å². The Kier molecular flexibility index (Phi) is 3.96. The van der Waals surface area contributed by atoms with Crippen molar-refractivity contribution in [2.45, 2.75) is 64.3 Å². The molecule has 0 saturated carbocycles. The number of hydrogen-bond donors (Lipinski definition) is 1. The van der Waals surface area contributed by atoms with Gasteiger partial charge in [0.25, 0.3) is 0 Å². The zero-order valence-corrected chi connectivity index (χ0v) is 13.9. The molecule has 0 bridgehead atoms. The highest BCUT2D eigenvalue weighted by atomic mass is 19.3. The molecule has 0 atom stereocenters. The van der Waals surface area contributed by atoms with E-state index >= 15 is 0 Å². The van der Waals surface area contributed by atoms with Gasteiger partial charge in [0.05, 0.1) is 11.2 Å². The van der Waals surface area contributed by atoms with E-state index in [9.17, 15) is 13.9 Å². The molecule has 1 fully saturated rings. The zero-order chi connectivity index (χ0) is 17.0. The summed E-state index contributed by atoms with van der Waals surface area (Å²) >= 11 is 0. The second-order valence-corrected chi connectivity index (χ2v) is 7.34. The lowest BCUT2D eigenvalue weighted by Gasteiger charge is -2.32. The fraction of sp³-hybridized carbons (Fsp3) is 0.625. The van der Waals surface area contributed by atoms with Crippen LogP contribution in [0.15, 0.2) is 24.3 Å². The molecule has 3 nitrogen and oxygen atoms in total. The van der Waals surface area contributed by atoms with Crippen molar-refractivity contribution in [3.63, 3.8) is 0 Å². The van der Waals surface area contributed by atoms with Gasteiger partial charge in [-0.3, -0.25) is 0 Å². The van der Waals surface area contributed by atoms with E-state index < -0.39 is 29.8 Å². The van der Waals surface area contributed by atoms with Gasteiger partial charge < -0.3 is 14.4 Å². The van der Waals surface area contributed by atoms with Crippen LogP contribution in [0.5, 0.6) is 0 Å². The predicted octanol–water partition coefficient (Wildman–Crippen LogP) is 2.85. The molecule has 1 N–H and O–H groups in total. The first kappa shape index (κ1) is 17.4. The van der Waals surface area contributed by atoms with Crippen molar-refractivity contribution in [3.05, 3.63) is 29.8 Å². The summed E-state index contributed by atoms with van der Waals surface area (Å²) in [6, 6.07) is 5.71. The zero-order valence-electron chi connectivity index (χ0n) is 13.9. The van der Waals surface area contributed by atoms with Gasteiger partial charge >= 0.3 is 13.0 Å². The Morgan fingerprint density at radius 3 is 1.73 bits per heavy atom. The van der Waals surface area contributed by atoms with Crippen molar-refractivity contribution in [3.8, 4) is 0 Å². The Bertz CT molecular complexity index is 532. The Hall–Kier alpha value is -0.975. The van der Waals surface area contributed by atoms with Crippen LogP contribution in [0.25, 0.3) is 0 Å². The molecule has 1 aliphatic heterocycles. The van der Waals surface area contributed by atoms with E-state index in [1.165, 1.54) is 12.1 Å². The van der Waals surface area contributed by atoms with Crippen molar-refractivity contribution < 1.29 is 23.2 Å². The lowest BCUT2D eigenvalue weighted by Crippen LogP contribution is -2.41. The number of rotatable bonds is 3. The highest BCUT2D eigenvalue weighted by Crippen LogP contribution is 2.39. The van der Waals surface area contributed by atoms with Crippen LogP contribution in [-0.4, -0.2) is 29.0 Å². The van der Waals surface area contributed by atoms with Crippen molar-refractivity contribution in [2.75, 3.05) is 0 Å². The normalized spacial score (nSPS) is 21.2. The summed E-state index contributed by atoms with van der Waals surface area (Å²) in [6.07, 6.45) is 0. The molecule has 0 amide bonds. The maximum atomic E-state index is 14.1. The smallest absolute Gasteiger partial charge is 0.399 e. The summed E-state index contributed by atoms with van der Waals surface area (Å²) < 4.78 is 40.0. The molecule has 0 unspecified atom stereocenters. The average molecular weight is 312 g/mol. The number of benzene rings is 1. The summed E-state index contributed by atoms with van der Waals surface area (Å²) in [5.41, 5.74) is -2.64. The summed E-state index contributed by atoms with van der Waals surface area (Å²) in [4.78, 5) is 0. The number of alkyl halides is 2. The van der Waals surface area contributed by atoms with Crippen molar-refractivity contribution in [2.24, 2.45) is 0 Å². The second kappa shape index (κ2) is 5.01. The van der Waals surface area contributed by atoms with E-state index in [2.05, 4.69) is 0 Å². The summed E-state index contributed by atoms with van der Waals surface area (Å²) in [6.45, 7) is 9.92. The summed E-state index contributed by atoms with van der Waals surface area (Å²) in [7, 11) is -0.588. The van der Waals surface area contributed by atoms with Gasteiger partial charge in [-0.15, -0.1) is 0 Å². The van der Waals surface area contributed by atoms with Gasteiger partial charge in [-0.2, -0.15) is 8.78 Å². The molecule has 6 heteroatoms. The molecule has 1 heterocycles. The third kappa shape index (κ3) is 2.80. The monoisotopic (exact) mass is 312 g/mol. The van der Waals surface area contributed by atoms with Gasteiger partial charge in [0.2, 0.25) is 0 Å². The molecule has 1 aliphatic rings. The van der Waals surface area contributed by atoms with Crippen LogP contribution in [0.3, 0.4) is 0 Å². The molecule has 0 spiro atoms. The largest absolute Gasteiger partial charge is 0.494 e. The average Bonchev–Trinajstić information content (AvgIpc) is 2.57. The molecular weight excluding hydrogens is 289 g/mol. The molecule has 0 aliphatic carbocycles. The van der Waals surface area contributed by atoms with Gasteiger partial charge in [-0.25, -0.2) is 0 Å². The highest BCUT2D eigenvalue weighted by molar-refractivity contribution is 6.62. The van der Waals surface area contributed by atoms with Gasteiger partial charge in [0.1, 0.15) is 5.60 Å². The topological polar surface area (TPSA) is 38.7 Å². The Morgan fingerprint density at radius 2 is 1.36 bits per heavy atom. The molecule has 0 radical (unpaired) electrons. The lowest BCUT2D eigenvalue weighted by molar-refractivity contribution is -0.168. The van der Waals surface area contributed by atoms with E-state index in [1.807, 2.05) is 27.7 Å². The highest BCUT2D eigenvalue weighted by Gasteiger charge is 2.52. The number of aliphatic hydroxyl groups is 1. The minimum atomic E-state index is -3.33. The predicted molar refractivity (Wildman–Crippen MR) is 82.3 cm³/mol. The number of halogens is 2. The lowest BCUT2D eigenvalue weighted by atomic mass is 9.78. The third-order valence-corrected chi connectivity index (χ3v) is 4.57. The first-order chi connectivity index (χ1) is 9.78. The first-order valence-electron chi connectivity index (χ1n) is 7.34. The van der Waals surface area contributed by atoms with Gasteiger partial charge in [0, 0.05) is 5.56 Å². The molecule has 22 heavy (non-hydrogen) atoms. The fourth-order valence-corrected chi connectivity index (χ4v) is 2.18. The van der Waals surface area contributed by atoms with Gasteiger partial charge in [0.15, 0.2) is 0 Å². The minimum absolute atomic E-state index is 0.236. The third-order valence-electron chi connectivity index (χ3n) is 4.57. The second-order valence-electron chi connectivity index (χ2n) is 7.34. The van der Waals surface area contributed by atoms with E-state index in [0.29, 0.717) is 5.46 Å². The standard InChI is InChI=1S/C16H23BF2O3/c1-13(2,20)16(18,19)11-7-9-12(10-8-11)17-21-14(3,4)15(5,6)22-17/h7-10,20H,1-6H3. The van der Waals surface area contributed by atoms with Crippen molar-refractivity contribution >= 4 is 12.6 Å². The number of hydrogen-bond acceptors (Lipinski definition) is 3. The van der Waals surface area contributed by atoms with E-state index in [0.717, 1.165) is 13.8 Å². The van der Waals surface area contributed by atoms with Crippen molar-refractivity contribution in [1.82, 2.24) is 0 Å². The van der Waals surface area contributed by atoms with Crippen LogP contribution >= 0.6 is 0 Å². The van der Waals surface area contributed by atoms with Crippen LogP contribution in [0.4, 0.5) is 8.78 Å². The molecule has 1 saturated heterocycles. The first-order valence-corrected chi connectivity index (χ1v) is 7.34. The molecule has 0 aromatic heterocycles. The van der Waals surface area contributed by atoms with Gasteiger partial charge in [-0.05, 0) is 47.0 Å². The van der Waals surface area contributed by atoms with Crippen LogP contribution in [0.1, 0.15) is 47.1 Å².